The van der Waals surface area contributed by atoms with Crippen molar-refractivity contribution in [2.24, 2.45) is 13.0 Å². The first-order chi connectivity index (χ1) is 11.7. The summed E-state index contributed by atoms with van der Waals surface area (Å²) in [4.78, 5) is 39.4. The van der Waals surface area contributed by atoms with Gasteiger partial charge in [0, 0.05) is 13.5 Å². The molecule has 2 N–H and O–H groups in total. The lowest BCUT2D eigenvalue weighted by Gasteiger charge is -2.17. The molecule has 1 amide bonds. The second kappa shape index (κ2) is 7.46. The summed E-state index contributed by atoms with van der Waals surface area (Å²) in [5.74, 6) is -1.52. The van der Waals surface area contributed by atoms with Crippen molar-refractivity contribution in [2.75, 3.05) is 0 Å². The van der Waals surface area contributed by atoms with E-state index in [0.717, 1.165) is 11.1 Å². The molecule has 0 aliphatic heterocycles. The molecule has 1 aromatic heterocycles. The third kappa shape index (κ3) is 4.23. The summed E-state index contributed by atoms with van der Waals surface area (Å²) >= 11 is 0. The van der Waals surface area contributed by atoms with Crippen LogP contribution < -0.4 is 10.9 Å². The van der Waals surface area contributed by atoms with Crippen LogP contribution in [0.3, 0.4) is 0 Å². The van der Waals surface area contributed by atoms with Gasteiger partial charge < -0.3 is 15.0 Å². The topological polar surface area (TPSA) is 101 Å². The third-order valence-electron chi connectivity index (χ3n) is 4.19. The van der Waals surface area contributed by atoms with Gasteiger partial charge in [0.25, 0.3) is 5.56 Å². The summed E-state index contributed by atoms with van der Waals surface area (Å²) < 4.78 is 1.55. The normalized spacial score (nSPS) is 12.4. The summed E-state index contributed by atoms with van der Waals surface area (Å²) in [6.45, 7) is 5.17. The van der Waals surface area contributed by atoms with E-state index in [1.165, 1.54) is 0 Å². The monoisotopic (exact) mass is 345 g/mol. The molecular weight excluding hydrogens is 322 g/mol. The Morgan fingerprint density at radius 1 is 1.32 bits per heavy atom. The first kappa shape index (κ1) is 18.6. The second-order valence-corrected chi connectivity index (χ2v) is 6.51. The zero-order valence-electron chi connectivity index (χ0n) is 14.9. The molecule has 0 fully saturated rings. The van der Waals surface area contributed by atoms with E-state index >= 15 is 0 Å². The smallest absolute Gasteiger partial charge is 0.326 e. The molecule has 0 bridgehead atoms. The summed E-state index contributed by atoms with van der Waals surface area (Å²) in [6.07, 6.45) is 0.655. The summed E-state index contributed by atoms with van der Waals surface area (Å²) in [5.41, 5.74) is 2.63. The van der Waals surface area contributed by atoms with Crippen molar-refractivity contribution in [1.29, 1.82) is 0 Å². The van der Waals surface area contributed by atoms with Crippen molar-refractivity contribution in [3.63, 3.8) is 0 Å². The Morgan fingerprint density at radius 2 is 2.00 bits per heavy atom. The van der Waals surface area contributed by atoms with Crippen molar-refractivity contribution in [3.8, 4) is 0 Å². The van der Waals surface area contributed by atoms with Gasteiger partial charge in [-0.3, -0.25) is 9.59 Å². The molecule has 1 aromatic carbocycles. The fourth-order valence-electron chi connectivity index (χ4n) is 2.70. The maximum absolute atomic E-state index is 12.0. The van der Waals surface area contributed by atoms with Crippen LogP contribution in [0.15, 0.2) is 23.0 Å². The van der Waals surface area contributed by atoms with E-state index in [1.807, 2.05) is 18.2 Å². The van der Waals surface area contributed by atoms with E-state index in [9.17, 15) is 14.4 Å². The number of nitrogens with one attached hydrogen (secondary N) is 1. The molecule has 1 atom stereocenters. The number of carbonyl (C=O) groups is 2. The Kier molecular flexibility index (Phi) is 5.56. The molecular formula is C18H23N3O4. The molecule has 0 radical (unpaired) electrons. The number of hydrogen-bond donors (Lipinski definition) is 2. The van der Waals surface area contributed by atoms with E-state index in [1.54, 1.807) is 32.4 Å². The van der Waals surface area contributed by atoms with Crippen molar-refractivity contribution in [2.45, 2.75) is 39.7 Å². The minimum Gasteiger partial charge on any atom is -0.480 e. The Labute approximate surface area is 145 Å². The van der Waals surface area contributed by atoms with E-state index in [2.05, 4.69) is 10.3 Å². The number of carboxylic acid groups (broad SMARTS) is 1. The molecule has 2 aromatic rings. The summed E-state index contributed by atoms with van der Waals surface area (Å²) in [6, 6.07) is 4.63. The zero-order valence-corrected chi connectivity index (χ0v) is 14.9. The zero-order chi connectivity index (χ0) is 18.7. The van der Waals surface area contributed by atoms with Gasteiger partial charge in [0.05, 0.1) is 11.0 Å². The highest BCUT2D eigenvalue weighted by molar-refractivity contribution is 5.84. The minimum absolute atomic E-state index is 0.131. The number of aliphatic carboxylic acids is 1. The van der Waals surface area contributed by atoms with Crippen molar-refractivity contribution >= 4 is 22.9 Å². The molecule has 0 saturated heterocycles. The van der Waals surface area contributed by atoms with Crippen molar-refractivity contribution < 1.29 is 14.7 Å². The molecule has 7 nitrogen and oxygen atoms in total. The third-order valence-corrected chi connectivity index (χ3v) is 4.19. The quantitative estimate of drug-likeness (QED) is 0.824. The van der Waals surface area contributed by atoms with E-state index in [0.29, 0.717) is 17.6 Å². The van der Waals surface area contributed by atoms with Gasteiger partial charge in [-0.1, -0.05) is 19.9 Å². The fourth-order valence-corrected chi connectivity index (χ4v) is 2.70. The minimum atomic E-state index is -1.03. The Balaban J connectivity index is 2.11. The summed E-state index contributed by atoms with van der Waals surface area (Å²) in [5, 5.41) is 11.7. The van der Waals surface area contributed by atoms with Crippen LogP contribution in [-0.4, -0.2) is 32.6 Å². The molecule has 0 unspecified atom stereocenters. The Morgan fingerprint density at radius 3 is 2.60 bits per heavy atom. The first-order valence-electron chi connectivity index (χ1n) is 8.19. The highest BCUT2D eigenvalue weighted by atomic mass is 16.4. The molecule has 0 saturated carbocycles. The van der Waals surface area contributed by atoms with Crippen LogP contribution in [0.4, 0.5) is 0 Å². The van der Waals surface area contributed by atoms with Gasteiger partial charge in [-0.15, -0.1) is 0 Å². The van der Waals surface area contributed by atoms with Gasteiger partial charge in [-0.05, 0) is 37.0 Å². The van der Waals surface area contributed by atoms with Gasteiger partial charge in [0.2, 0.25) is 5.91 Å². The van der Waals surface area contributed by atoms with Crippen LogP contribution in [0.25, 0.3) is 11.0 Å². The van der Waals surface area contributed by atoms with Gasteiger partial charge in [0.15, 0.2) is 0 Å². The van der Waals surface area contributed by atoms with Crippen LogP contribution in [-0.2, 0) is 23.1 Å². The highest BCUT2D eigenvalue weighted by Gasteiger charge is 2.23. The van der Waals surface area contributed by atoms with Crippen molar-refractivity contribution in [1.82, 2.24) is 14.9 Å². The average Bonchev–Trinajstić information content (AvgIpc) is 2.55. The molecule has 7 heteroatoms. The highest BCUT2D eigenvalue weighted by Crippen LogP contribution is 2.14. The summed E-state index contributed by atoms with van der Waals surface area (Å²) in [7, 11) is 1.70. The van der Waals surface area contributed by atoms with Crippen LogP contribution in [0, 0.1) is 12.8 Å². The predicted octanol–water partition coefficient (Wildman–Crippen LogP) is 1.40. The molecule has 25 heavy (non-hydrogen) atoms. The number of aromatic nitrogens is 2. The van der Waals surface area contributed by atoms with E-state index in [4.69, 9.17) is 5.11 Å². The number of hydrogen-bond acceptors (Lipinski definition) is 4. The van der Waals surface area contributed by atoms with Crippen LogP contribution in [0.2, 0.25) is 0 Å². The SMILES string of the molecule is Cc1nc2cc(CCC(=O)N[C@H](C(=O)O)C(C)C)ccc2n(C)c1=O. The number of nitrogens with zero attached hydrogens (tertiary/aromatic N) is 2. The average molecular weight is 345 g/mol. The standard InChI is InChI=1S/C18H23N3O4/c1-10(2)16(18(24)25)20-15(22)8-6-12-5-7-14-13(9-12)19-11(3)17(23)21(14)4/h5,7,9-10,16H,6,8H2,1-4H3,(H,20,22)(H,24,25)/t16-/m0/s1. The molecule has 0 spiro atoms. The lowest BCUT2D eigenvalue weighted by atomic mass is 10.0. The van der Waals surface area contributed by atoms with Crippen molar-refractivity contribution in [3.05, 3.63) is 39.8 Å². The number of rotatable bonds is 6. The molecule has 0 aliphatic rings. The molecule has 1 heterocycles. The predicted molar refractivity (Wildman–Crippen MR) is 94.4 cm³/mol. The van der Waals surface area contributed by atoms with Gasteiger partial charge >= 0.3 is 5.97 Å². The lowest BCUT2D eigenvalue weighted by molar-refractivity contribution is -0.143. The first-order valence-corrected chi connectivity index (χ1v) is 8.19. The lowest BCUT2D eigenvalue weighted by Crippen LogP contribution is -2.44. The fraction of sp³-hybridized carbons (Fsp3) is 0.444. The molecule has 0 aliphatic carbocycles. The van der Waals surface area contributed by atoms with E-state index in [-0.39, 0.29) is 23.8 Å². The molecule has 2 rings (SSSR count). The van der Waals surface area contributed by atoms with Gasteiger partial charge in [-0.25, -0.2) is 9.78 Å². The Bertz CT molecular complexity index is 870. The van der Waals surface area contributed by atoms with Gasteiger partial charge in [-0.2, -0.15) is 0 Å². The largest absolute Gasteiger partial charge is 0.480 e. The van der Waals surface area contributed by atoms with Crippen LogP contribution in [0.5, 0.6) is 0 Å². The molecule has 134 valence electrons. The number of benzene rings is 1. The number of aryl methyl sites for hydroxylation is 3. The number of carboxylic acids is 1. The van der Waals surface area contributed by atoms with E-state index < -0.39 is 12.0 Å². The maximum Gasteiger partial charge on any atom is 0.326 e. The van der Waals surface area contributed by atoms with Crippen LogP contribution in [0.1, 0.15) is 31.5 Å². The Hall–Kier alpha value is -2.70. The second-order valence-electron chi connectivity index (χ2n) is 6.51. The van der Waals surface area contributed by atoms with Crippen LogP contribution >= 0.6 is 0 Å². The number of carbonyl (C=O) groups excluding carboxylic acids is 1. The number of fused-ring (bicyclic) bond motifs is 1. The van der Waals surface area contributed by atoms with Gasteiger partial charge in [0.1, 0.15) is 11.7 Å². The number of amides is 1. The maximum atomic E-state index is 12.0.